The Kier molecular flexibility index (Phi) is 4.17. The number of aliphatic hydroxyl groups is 1. The molecule has 0 unspecified atom stereocenters. The third kappa shape index (κ3) is 3.00. The number of benzene rings is 3. The van der Waals surface area contributed by atoms with E-state index in [1.165, 1.54) is 0 Å². The largest absolute Gasteiger partial charge is 0.377 e. The Morgan fingerprint density at radius 2 is 1.00 bits per heavy atom. The van der Waals surface area contributed by atoms with E-state index in [1.807, 2.05) is 103 Å². The maximum absolute atomic E-state index is 11.3. The minimum absolute atomic E-state index is 0.855. The Morgan fingerprint density at radius 3 is 1.45 bits per heavy atom. The van der Waals surface area contributed by atoms with Crippen LogP contribution in [0.1, 0.15) is 16.7 Å². The number of hydrogen-bond donors (Lipinski definition) is 1. The zero-order chi connectivity index (χ0) is 15.3. The summed E-state index contributed by atoms with van der Waals surface area (Å²) >= 11 is 0. The van der Waals surface area contributed by atoms with Crippen molar-refractivity contribution in [2.24, 2.45) is 0 Å². The molecule has 0 spiro atoms. The molecule has 0 aliphatic carbocycles. The van der Waals surface area contributed by atoms with Crippen molar-refractivity contribution < 1.29 is 5.11 Å². The second kappa shape index (κ2) is 6.42. The Balaban J connectivity index is 2.06. The zero-order valence-corrected chi connectivity index (χ0v) is 12.3. The van der Waals surface area contributed by atoms with Crippen LogP contribution in [-0.4, -0.2) is 5.11 Å². The average molecular weight is 286 g/mol. The topological polar surface area (TPSA) is 20.2 Å². The van der Waals surface area contributed by atoms with Crippen LogP contribution in [0.2, 0.25) is 0 Å². The van der Waals surface area contributed by atoms with Gasteiger partial charge in [-0.15, -0.1) is 0 Å². The lowest BCUT2D eigenvalue weighted by atomic mass is 9.85. The fraction of sp³-hybridized carbons (Fsp3) is 0.0476. The van der Waals surface area contributed by atoms with E-state index in [4.69, 9.17) is 0 Å². The predicted octanol–water partition coefficient (Wildman–Crippen LogP) is 4.64. The van der Waals surface area contributed by atoms with Gasteiger partial charge in [-0.25, -0.2) is 0 Å². The molecule has 0 atom stereocenters. The molecule has 0 bridgehead atoms. The highest BCUT2D eigenvalue weighted by atomic mass is 16.3. The highest BCUT2D eigenvalue weighted by molar-refractivity contribution is 5.54. The van der Waals surface area contributed by atoms with Crippen LogP contribution in [0.25, 0.3) is 6.08 Å². The van der Waals surface area contributed by atoms with Crippen molar-refractivity contribution in [1.29, 1.82) is 0 Å². The van der Waals surface area contributed by atoms with Gasteiger partial charge in [-0.3, -0.25) is 0 Å². The summed E-state index contributed by atoms with van der Waals surface area (Å²) in [6, 6.07) is 29.5. The van der Waals surface area contributed by atoms with Crippen molar-refractivity contribution in [2.45, 2.75) is 5.60 Å². The van der Waals surface area contributed by atoms with Crippen molar-refractivity contribution in [3.8, 4) is 0 Å². The summed E-state index contributed by atoms with van der Waals surface area (Å²) in [5, 5.41) is 11.3. The molecule has 22 heavy (non-hydrogen) atoms. The maximum Gasteiger partial charge on any atom is 0.134 e. The first-order valence-corrected chi connectivity index (χ1v) is 7.37. The van der Waals surface area contributed by atoms with Gasteiger partial charge in [0.1, 0.15) is 5.60 Å². The van der Waals surface area contributed by atoms with Crippen LogP contribution in [0.5, 0.6) is 0 Å². The molecular formula is C21H18O. The van der Waals surface area contributed by atoms with Gasteiger partial charge in [0.2, 0.25) is 0 Å². The first-order chi connectivity index (χ1) is 10.8. The van der Waals surface area contributed by atoms with Crippen LogP contribution in [0.4, 0.5) is 0 Å². The summed E-state index contributed by atoms with van der Waals surface area (Å²) in [5.74, 6) is 0. The predicted molar refractivity (Wildman–Crippen MR) is 91.4 cm³/mol. The second-order valence-electron chi connectivity index (χ2n) is 5.24. The highest BCUT2D eigenvalue weighted by Gasteiger charge is 2.27. The number of hydrogen-bond acceptors (Lipinski definition) is 1. The molecule has 0 saturated carbocycles. The van der Waals surface area contributed by atoms with Crippen molar-refractivity contribution in [1.82, 2.24) is 0 Å². The molecule has 1 nitrogen and oxygen atoms in total. The molecule has 0 aromatic heterocycles. The molecule has 0 amide bonds. The van der Waals surface area contributed by atoms with Crippen LogP contribution in [0.3, 0.4) is 0 Å². The molecule has 0 fully saturated rings. The van der Waals surface area contributed by atoms with Crippen LogP contribution in [0.15, 0.2) is 97.1 Å². The minimum atomic E-state index is -1.14. The van der Waals surface area contributed by atoms with Gasteiger partial charge in [-0.05, 0) is 22.8 Å². The molecule has 0 heterocycles. The van der Waals surface area contributed by atoms with E-state index in [0.29, 0.717) is 0 Å². The van der Waals surface area contributed by atoms with Crippen molar-refractivity contribution in [3.63, 3.8) is 0 Å². The SMILES string of the molecule is OC(/C=C/c1ccccc1)(c1ccccc1)c1ccccc1. The van der Waals surface area contributed by atoms with Crippen molar-refractivity contribution >= 4 is 6.08 Å². The van der Waals surface area contributed by atoms with Crippen molar-refractivity contribution in [3.05, 3.63) is 114 Å². The molecular weight excluding hydrogens is 268 g/mol. The summed E-state index contributed by atoms with van der Waals surface area (Å²) in [4.78, 5) is 0. The third-order valence-corrected chi connectivity index (χ3v) is 3.74. The first kappa shape index (κ1) is 14.3. The van der Waals surface area contributed by atoms with Gasteiger partial charge in [0.15, 0.2) is 0 Å². The molecule has 1 heteroatoms. The van der Waals surface area contributed by atoms with Gasteiger partial charge in [-0.1, -0.05) is 97.1 Å². The Morgan fingerprint density at radius 1 is 0.591 bits per heavy atom. The van der Waals surface area contributed by atoms with Gasteiger partial charge in [-0.2, -0.15) is 0 Å². The van der Waals surface area contributed by atoms with E-state index in [2.05, 4.69) is 0 Å². The molecule has 108 valence electrons. The lowest BCUT2D eigenvalue weighted by molar-refractivity contribution is 0.135. The first-order valence-electron chi connectivity index (χ1n) is 7.37. The van der Waals surface area contributed by atoms with Crippen molar-refractivity contribution in [2.75, 3.05) is 0 Å². The van der Waals surface area contributed by atoms with E-state index < -0.39 is 5.60 Å². The summed E-state index contributed by atoms with van der Waals surface area (Å²) in [5.41, 5.74) is 1.63. The standard InChI is InChI=1S/C21H18O/c22-21(19-12-6-2-7-13-19,20-14-8-3-9-15-20)17-16-18-10-4-1-5-11-18/h1-17,22H/b17-16+. The third-order valence-electron chi connectivity index (χ3n) is 3.74. The van der Waals surface area contributed by atoms with Crippen LogP contribution in [-0.2, 0) is 5.60 Å². The fourth-order valence-electron chi connectivity index (χ4n) is 2.52. The van der Waals surface area contributed by atoms with E-state index >= 15 is 0 Å². The molecule has 3 rings (SSSR count). The maximum atomic E-state index is 11.3. The monoisotopic (exact) mass is 286 g/mol. The lowest BCUT2D eigenvalue weighted by Gasteiger charge is -2.26. The van der Waals surface area contributed by atoms with E-state index in [9.17, 15) is 5.11 Å². The average Bonchev–Trinajstić information content (AvgIpc) is 2.62. The van der Waals surface area contributed by atoms with E-state index in [1.54, 1.807) is 0 Å². The zero-order valence-electron chi connectivity index (χ0n) is 12.3. The summed E-state index contributed by atoms with van der Waals surface area (Å²) in [6.07, 6.45) is 3.81. The fourth-order valence-corrected chi connectivity index (χ4v) is 2.52. The van der Waals surface area contributed by atoms with E-state index in [0.717, 1.165) is 16.7 Å². The highest BCUT2D eigenvalue weighted by Crippen LogP contribution is 2.31. The minimum Gasteiger partial charge on any atom is -0.377 e. The second-order valence-corrected chi connectivity index (χ2v) is 5.24. The van der Waals surface area contributed by atoms with Gasteiger partial charge < -0.3 is 5.11 Å². The Labute approximate surface area is 131 Å². The van der Waals surface area contributed by atoms with Gasteiger partial charge >= 0.3 is 0 Å². The van der Waals surface area contributed by atoms with Crippen LogP contribution in [0, 0.1) is 0 Å². The molecule has 1 N–H and O–H groups in total. The molecule has 3 aromatic carbocycles. The number of rotatable bonds is 4. The van der Waals surface area contributed by atoms with Gasteiger partial charge in [0.25, 0.3) is 0 Å². The summed E-state index contributed by atoms with van der Waals surface area (Å²) < 4.78 is 0. The Hall–Kier alpha value is -2.64. The van der Waals surface area contributed by atoms with E-state index in [-0.39, 0.29) is 0 Å². The lowest BCUT2D eigenvalue weighted by Crippen LogP contribution is -2.24. The van der Waals surface area contributed by atoms with Gasteiger partial charge in [0, 0.05) is 0 Å². The molecule has 0 saturated heterocycles. The van der Waals surface area contributed by atoms with Gasteiger partial charge in [0.05, 0.1) is 0 Å². The normalized spacial score (nSPS) is 11.7. The van der Waals surface area contributed by atoms with Crippen LogP contribution >= 0.6 is 0 Å². The molecule has 0 aliphatic heterocycles. The molecule has 3 aromatic rings. The molecule has 0 aliphatic rings. The Bertz CT molecular complexity index is 691. The summed E-state index contributed by atoms with van der Waals surface area (Å²) in [7, 11) is 0. The quantitative estimate of drug-likeness (QED) is 0.741. The summed E-state index contributed by atoms with van der Waals surface area (Å²) in [6.45, 7) is 0. The smallest absolute Gasteiger partial charge is 0.134 e. The molecule has 0 radical (unpaired) electrons. The van der Waals surface area contributed by atoms with Crippen LogP contribution < -0.4 is 0 Å².